The van der Waals surface area contributed by atoms with Gasteiger partial charge in [-0.05, 0) is 31.7 Å². The zero-order chi connectivity index (χ0) is 13.8. The fourth-order valence-electron chi connectivity index (χ4n) is 2.27. The van der Waals surface area contributed by atoms with Crippen molar-refractivity contribution in [2.45, 2.75) is 6.92 Å². The number of amides is 1. The van der Waals surface area contributed by atoms with E-state index in [4.69, 9.17) is 9.47 Å². The maximum Gasteiger partial charge on any atom is 0.414 e. The maximum atomic E-state index is 12.0. The van der Waals surface area contributed by atoms with Crippen LogP contribution in [-0.4, -0.2) is 39.9 Å². The van der Waals surface area contributed by atoms with Crippen molar-refractivity contribution in [2.75, 3.05) is 38.8 Å². The summed E-state index contributed by atoms with van der Waals surface area (Å²) in [6.07, 6.45) is -0.309. The molecule has 1 N–H and O–H groups in total. The quantitative estimate of drug-likeness (QED) is 0.901. The molecule has 0 spiro atoms. The van der Waals surface area contributed by atoms with Gasteiger partial charge in [0.05, 0.1) is 19.4 Å². The number of carbonyl (C=O) groups is 1. The number of cyclic esters (lactones) is 1. The molecular weight excluding hydrogens is 244 g/mol. The molecule has 1 aromatic carbocycles. The first kappa shape index (κ1) is 13.7. The van der Waals surface area contributed by atoms with Gasteiger partial charge in [-0.3, -0.25) is 4.90 Å². The number of nitrogens with zero attached hydrogens (tertiary/aromatic N) is 1. The molecule has 0 aliphatic carbocycles. The van der Waals surface area contributed by atoms with Gasteiger partial charge in [-0.15, -0.1) is 0 Å². The van der Waals surface area contributed by atoms with E-state index >= 15 is 0 Å². The van der Waals surface area contributed by atoms with Crippen molar-refractivity contribution in [1.29, 1.82) is 0 Å². The molecule has 1 fully saturated rings. The lowest BCUT2D eigenvalue weighted by Crippen LogP contribution is -2.46. The lowest BCUT2D eigenvalue weighted by atomic mass is 10.1. The van der Waals surface area contributed by atoms with E-state index in [0.717, 1.165) is 17.8 Å². The number of hydrogen-bond acceptors (Lipinski definition) is 4. The molecule has 1 aliphatic rings. The Morgan fingerprint density at radius 1 is 1.53 bits per heavy atom. The molecule has 1 atom stereocenters. The number of carbonyl (C=O) groups excluding carboxylic acids is 1. The molecule has 0 radical (unpaired) electrons. The first-order valence-corrected chi connectivity index (χ1v) is 6.39. The van der Waals surface area contributed by atoms with E-state index in [1.807, 2.05) is 32.2 Å². The fourth-order valence-corrected chi connectivity index (χ4v) is 2.27. The second-order valence-electron chi connectivity index (χ2n) is 4.79. The van der Waals surface area contributed by atoms with Crippen molar-refractivity contribution in [3.05, 3.63) is 23.8 Å². The molecule has 0 aromatic heterocycles. The Hall–Kier alpha value is -1.75. The molecule has 1 unspecified atom stereocenters. The van der Waals surface area contributed by atoms with Gasteiger partial charge in [0.2, 0.25) is 0 Å². The van der Waals surface area contributed by atoms with E-state index < -0.39 is 0 Å². The molecule has 1 aliphatic heterocycles. The van der Waals surface area contributed by atoms with Crippen LogP contribution in [0.1, 0.15) is 5.56 Å². The molecule has 2 rings (SSSR count). The van der Waals surface area contributed by atoms with Crippen LogP contribution in [0.5, 0.6) is 5.75 Å². The summed E-state index contributed by atoms with van der Waals surface area (Å²) in [5.74, 6) is 0.973. The smallest absolute Gasteiger partial charge is 0.414 e. The monoisotopic (exact) mass is 264 g/mol. The highest BCUT2D eigenvalue weighted by Gasteiger charge is 2.29. The number of nitrogens with one attached hydrogen (secondary N) is 1. The van der Waals surface area contributed by atoms with E-state index in [1.54, 1.807) is 12.0 Å². The van der Waals surface area contributed by atoms with Gasteiger partial charge in [0.15, 0.2) is 0 Å². The summed E-state index contributed by atoms with van der Waals surface area (Å²) in [7, 11) is 3.50. The summed E-state index contributed by atoms with van der Waals surface area (Å²) in [5, 5.41) is 3.12. The van der Waals surface area contributed by atoms with Crippen LogP contribution in [0.15, 0.2) is 18.2 Å². The third kappa shape index (κ3) is 2.98. The third-order valence-electron chi connectivity index (χ3n) is 3.22. The Labute approximate surface area is 113 Å². The highest BCUT2D eigenvalue weighted by molar-refractivity contribution is 5.90. The number of rotatable bonds is 4. The summed E-state index contributed by atoms with van der Waals surface area (Å²) < 4.78 is 10.6. The average molecular weight is 264 g/mol. The van der Waals surface area contributed by atoms with Crippen LogP contribution in [0.3, 0.4) is 0 Å². The Balaban J connectivity index is 2.27. The summed E-state index contributed by atoms with van der Waals surface area (Å²) in [6, 6.07) is 5.78. The number of methoxy groups -OCH3 is 1. The van der Waals surface area contributed by atoms with E-state index in [0.29, 0.717) is 18.9 Å². The summed E-state index contributed by atoms with van der Waals surface area (Å²) >= 11 is 0. The van der Waals surface area contributed by atoms with Crippen molar-refractivity contribution < 1.29 is 14.3 Å². The highest BCUT2D eigenvalue weighted by atomic mass is 16.6. The molecule has 19 heavy (non-hydrogen) atoms. The van der Waals surface area contributed by atoms with Crippen LogP contribution in [0.4, 0.5) is 10.5 Å². The fraction of sp³-hybridized carbons (Fsp3) is 0.500. The van der Waals surface area contributed by atoms with Crippen molar-refractivity contribution in [1.82, 2.24) is 5.32 Å². The number of benzene rings is 1. The molecule has 104 valence electrons. The Morgan fingerprint density at radius 2 is 2.32 bits per heavy atom. The number of hydrogen-bond donors (Lipinski definition) is 1. The normalized spacial score (nSPS) is 19.2. The van der Waals surface area contributed by atoms with Crippen molar-refractivity contribution in [3.8, 4) is 5.75 Å². The van der Waals surface area contributed by atoms with Gasteiger partial charge in [0.25, 0.3) is 0 Å². The molecule has 5 nitrogen and oxygen atoms in total. The van der Waals surface area contributed by atoms with Crippen LogP contribution < -0.4 is 15.0 Å². The Kier molecular flexibility index (Phi) is 4.27. The highest BCUT2D eigenvalue weighted by Crippen LogP contribution is 2.31. The second kappa shape index (κ2) is 5.93. The van der Waals surface area contributed by atoms with Crippen molar-refractivity contribution >= 4 is 11.8 Å². The van der Waals surface area contributed by atoms with Crippen LogP contribution in [-0.2, 0) is 4.74 Å². The van der Waals surface area contributed by atoms with Crippen molar-refractivity contribution in [3.63, 3.8) is 0 Å². The van der Waals surface area contributed by atoms with E-state index in [1.165, 1.54) is 0 Å². The van der Waals surface area contributed by atoms with Gasteiger partial charge in [-0.25, -0.2) is 4.79 Å². The standard InChI is InChI=1S/C14H20N2O3/c1-10-4-5-13(18-3)12(6-10)16-8-11(7-15-2)9-19-14(16)17/h4-6,11,15H,7-9H2,1-3H3. The number of anilines is 1. The van der Waals surface area contributed by atoms with Crippen LogP contribution in [0, 0.1) is 12.8 Å². The van der Waals surface area contributed by atoms with Crippen molar-refractivity contribution in [2.24, 2.45) is 5.92 Å². The van der Waals surface area contributed by atoms with E-state index in [9.17, 15) is 4.79 Å². The molecule has 1 amide bonds. The SMILES string of the molecule is CNCC1COC(=O)N(c2cc(C)ccc2OC)C1. The lowest BCUT2D eigenvalue weighted by Gasteiger charge is -2.33. The molecule has 5 heteroatoms. The van der Waals surface area contributed by atoms with Crippen LogP contribution in [0.2, 0.25) is 0 Å². The van der Waals surface area contributed by atoms with Gasteiger partial charge in [0.1, 0.15) is 5.75 Å². The first-order valence-electron chi connectivity index (χ1n) is 6.39. The molecule has 1 saturated heterocycles. The third-order valence-corrected chi connectivity index (χ3v) is 3.22. The first-order chi connectivity index (χ1) is 9.15. The topological polar surface area (TPSA) is 50.8 Å². The zero-order valence-electron chi connectivity index (χ0n) is 11.6. The van der Waals surface area contributed by atoms with Crippen LogP contribution >= 0.6 is 0 Å². The summed E-state index contributed by atoms with van der Waals surface area (Å²) in [6.45, 7) is 3.91. The maximum absolute atomic E-state index is 12.0. The lowest BCUT2D eigenvalue weighted by molar-refractivity contribution is 0.115. The van der Waals surface area contributed by atoms with Gasteiger partial charge in [-0.2, -0.15) is 0 Å². The minimum Gasteiger partial charge on any atom is -0.495 e. The largest absolute Gasteiger partial charge is 0.495 e. The minimum atomic E-state index is -0.309. The van der Waals surface area contributed by atoms with Gasteiger partial charge in [-0.1, -0.05) is 6.07 Å². The predicted octanol–water partition coefficient (Wildman–Crippen LogP) is 1.80. The minimum absolute atomic E-state index is 0.285. The summed E-state index contributed by atoms with van der Waals surface area (Å²) in [5.41, 5.74) is 1.85. The molecule has 1 aromatic rings. The molecular formula is C14H20N2O3. The summed E-state index contributed by atoms with van der Waals surface area (Å²) in [4.78, 5) is 13.6. The Morgan fingerprint density at radius 3 is 3.00 bits per heavy atom. The molecule has 0 bridgehead atoms. The van der Waals surface area contributed by atoms with Crippen LogP contribution in [0.25, 0.3) is 0 Å². The Bertz CT molecular complexity index is 462. The van der Waals surface area contributed by atoms with Gasteiger partial charge in [0, 0.05) is 19.0 Å². The van der Waals surface area contributed by atoms with E-state index in [-0.39, 0.29) is 12.0 Å². The second-order valence-corrected chi connectivity index (χ2v) is 4.79. The van der Waals surface area contributed by atoms with Gasteiger partial charge < -0.3 is 14.8 Å². The van der Waals surface area contributed by atoms with E-state index in [2.05, 4.69) is 5.32 Å². The zero-order valence-corrected chi connectivity index (χ0v) is 11.6. The molecule has 0 saturated carbocycles. The average Bonchev–Trinajstić information content (AvgIpc) is 2.41. The number of ether oxygens (including phenoxy) is 2. The van der Waals surface area contributed by atoms with Gasteiger partial charge >= 0.3 is 6.09 Å². The number of aryl methyl sites for hydroxylation is 1. The predicted molar refractivity (Wildman–Crippen MR) is 73.8 cm³/mol. The molecule has 1 heterocycles.